The second-order valence-electron chi connectivity index (χ2n) is 14.1. The Balaban J connectivity index is 1.41. The lowest BCUT2D eigenvalue weighted by molar-refractivity contribution is -0.116. The van der Waals surface area contributed by atoms with Gasteiger partial charge < -0.3 is 14.4 Å². The van der Waals surface area contributed by atoms with E-state index in [2.05, 4.69) is 34.4 Å². The van der Waals surface area contributed by atoms with Crippen molar-refractivity contribution in [1.82, 2.24) is 0 Å². The maximum absolute atomic E-state index is 14.1. The van der Waals surface area contributed by atoms with Crippen molar-refractivity contribution in [1.29, 1.82) is 0 Å². The zero-order valence-corrected chi connectivity index (χ0v) is 28.2. The van der Waals surface area contributed by atoms with Gasteiger partial charge in [0.1, 0.15) is 11.5 Å². The van der Waals surface area contributed by atoms with Gasteiger partial charge in [-0.25, -0.2) is 4.21 Å². The first-order chi connectivity index (χ1) is 21.7. The summed E-state index contributed by atoms with van der Waals surface area (Å²) in [7, 11) is -1.18. The molecule has 1 spiro atoms. The normalized spacial score (nSPS) is 30.2. The summed E-state index contributed by atoms with van der Waals surface area (Å²) in [5, 5.41) is 0. The highest BCUT2D eigenvalue weighted by Crippen LogP contribution is 2.47. The lowest BCUT2D eigenvalue weighted by Gasteiger charge is -2.46. The van der Waals surface area contributed by atoms with Crippen LogP contribution in [0.15, 0.2) is 40.8 Å². The van der Waals surface area contributed by atoms with E-state index in [0.717, 1.165) is 63.1 Å². The monoisotopic (exact) mass is 634 g/mol. The number of anilines is 1. The van der Waals surface area contributed by atoms with E-state index in [-0.39, 0.29) is 28.8 Å². The fourth-order valence-electron chi connectivity index (χ4n) is 8.31. The number of carbonyl (C=O) groups is 2. The number of methoxy groups -OCH3 is 1. The Morgan fingerprint density at radius 1 is 1.11 bits per heavy atom. The summed E-state index contributed by atoms with van der Waals surface area (Å²) in [5.74, 6) is 1.29. The number of Topliss-reactive ketones (excluding diaryl/α,β-unsaturated/α-hetero) is 1. The molecule has 0 saturated heterocycles. The van der Waals surface area contributed by atoms with Gasteiger partial charge in [-0.3, -0.25) is 9.59 Å². The number of hydrogen-bond acceptors (Lipinski definition) is 6. The molecule has 2 bridgehead atoms. The van der Waals surface area contributed by atoms with Gasteiger partial charge in [-0.15, -0.1) is 0 Å². The van der Waals surface area contributed by atoms with Crippen LogP contribution in [0.5, 0.6) is 5.75 Å². The number of hydrogen-bond donors (Lipinski definition) is 0. The topological polar surface area (TPSA) is 85.3 Å². The minimum absolute atomic E-state index is 0.0846. The molecule has 7 nitrogen and oxygen atoms in total. The van der Waals surface area contributed by atoms with Crippen LogP contribution in [0.4, 0.5) is 5.69 Å². The summed E-state index contributed by atoms with van der Waals surface area (Å²) in [5.41, 5.74) is 5.27. The summed E-state index contributed by atoms with van der Waals surface area (Å²) < 4.78 is 31.2. The number of fused-ring (bicyclic) bond motifs is 4. The SMILES string of the molecule is CCCC(=O)C[S@@]1(=O)=NC(=O)c2ccc3c(c2)N(C[C@@H]2CC[C@H]2[C@@H](OC)CCCCC1)C[C@@]1(CCCc2cc(C)ccc21)CO3. The largest absolute Gasteiger partial charge is 0.490 e. The zero-order chi connectivity index (χ0) is 31.6. The van der Waals surface area contributed by atoms with Gasteiger partial charge in [-0.1, -0.05) is 43.5 Å². The fourth-order valence-corrected chi connectivity index (χ4v) is 10.3. The first-order valence-corrected chi connectivity index (χ1v) is 19.0. The third-order valence-corrected chi connectivity index (χ3v) is 13.0. The maximum Gasteiger partial charge on any atom is 0.285 e. The number of rotatable bonds is 5. The second-order valence-corrected chi connectivity index (χ2v) is 16.5. The molecule has 0 unspecified atom stereocenters. The molecule has 4 aliphatic rings. The Morgan fingerprint density at radius 3 is 2.76 bits per heavy atom. The van der Waals surface area contributed by atoms with Crippen molar-refractivity contribution < 1.29 is 23.3 Å². The maximum atomic E-state index is 14.1. The molecule has 2 aromatic rings. The van der Waals surface area contributed by atoms with E-state index in [9.17, 15) is 13.8 Å². The molecule has 6 rings (SSSR count). The van der Waals surface area contributed by atoms with Crippen LogP contribution in [0.25, 0.3) is 0 Å². The summed E-state index contributed by atoms with van der Waals surface area (Å²) in [6.07, 6.45) is 10.3. The molecule has 2 aromatic carbocycles. The molecule has 2 aliphatic carbocycles. The van der Waals surface area contributed by atoms with Gasteiger partial charge in [0.05, 0.1) is 33.9 Å². The molecule has 1 saturated carbocycles. The second kappa shape index (κ2) is 13.6. The summed E-state index contributed by atoms with van der Waals surface area (Å²) in [4.78, 5) is 28.8. The zero-order valence-electron chi connectivity index (χ0n) is 27.4. The Hall–Kier alpha value is -2.71. The number of ether oxygens (including phenoxy) is 2. The molecule has 1 fully saturated rings. The van der Waals surface area contributed by atoms with Crippen LogP contribution in [0.3, 0.4) is 0 Å². The molecular formula is C37H50N2O5S. The molecule has 2 aliphatic heterocycles. The lowest BCUT2D eigenvalue weighted by Crippen LogP contribution is -2.49. The van der Waals surface area contributed by atoms with Crippen molar-refractivity contribution >= 4 is 27.1 Å². The highest BCUT2D eigenvalue weighted by molar-refractivity contribution is 7.94. The molecule has 5 atom stereocenters. The van der Waals surface area contributed by atoms with E-state index < -0.39 is 15.6 Å². The predicted octanol–water partition coefficient (Wildman–Crippen LogP) is 7.06. The van der Waals surface area contributed by atoms with Gasteiger partial charge in [-0.2, -0.15) is 4.36 Å². The minimum atomic E-state index is -3.02. The highest BCUT2D eigenvalue weighted by Gasteiger charge is 2.44. The first-order valence-electron chi connectivity index (χ1n) is 17.2. The summed E-state index contributed by atoms with van der Waals surface area (Å²) in [6, 6.07) is 12.4. The molecule has 1 amide bonds. The van der Waals surface area contributed by atoms with Gasteiger partial charge in [0.2, 0.25) is 0 Å². The van der Waals surface area contributed by atoms with Gasteiger partial charge in [0.25, 0.3) is 5.91 Å². The fraction of sp³-hybridized carbons (Fsp3) is 0.622. The van der Waals surface area contributed by atoms with Gasteiger partial charge >= 0.3 is 0 Å². The third kappa shape index (κ3) is 6.87. The molecule has 2 heterocycles. The van der Waals surface area contributed by atoms with Gasteiger partial charge in [-0.05, 0) is 99.5 Å². The van der Waals surface area contributed by atoms with Crippen molar-refractivity contribution in [2.75, 3.05) is 43.2 Å². The number of ketones is 1. The molecule has 0 aromatic heterocycles. The van der Waals surface area contributed by atoms with E-state index in [0.29, 0.717) is 43.3 Å². The van der Waals surface area contributed by atoms with E-state index in [4.69, 9.17) is 9.47 Å². The van der Waals surface area contributed by atoms with Gasteiger partial charge in [0.15, 0.2) is 0 Å². The Labute approximate surface area is 269 Å². The average Bonchev–Trinajstić information content (AvgIpc) is 3.14. The van der Waals surface area contributed by atoms with Crippen LogP contribution in [0.2, 0.25) is 0 Å². The quantitative estimate of drug-likeness (QED) is 0.350. The molecule has 0 N–H and O–H groups in total. The molecule has 244 valence electrons. The molecule has 45 heavy (non-hydrogen) atoms. The first kappa shape index (κ1) is 32.2. The molecule has 0 radical (unpaired) electrons. The smallest absolute Gasteiger partial charge is 0.285 e. The summed E-state index contributed by atoms with van der Waals surface area (Å²) in [6.45, 7) is 6.38. The van der Waals surface area contributed by atoms with Crippen LogP contribution < -0.4 is 9.64 Å². The standard InChI is InChI=1S/C37H50N2O5S/c1-4-9-30(40)23-45(42)19-7-5-6-11-34(43-3)31-15-13-29(31)22-39-24-37(18-8-10-27-20-26(2)12-16-32(27)37)25-44-35-17-14-28(21-33(35)39)36(41)38-45/h12,14,16-17,20-21,29,31,34H,4-11,13,15,18-19,22-25H2,1-3H3/t29-,31+,34-,37-,45+/m0/s1. The predicted molar refractivity (Wildman–Crippen MR) is 180 cm³/mol. The lowest BCUT2D eigenvalue weighted by atomic mass is 9.68. The number of carbonyl (C=O) groups excluding carboxylic acids is 2. The van der Waals surface area contributed by atoms with Crippen LogP contribution >= 0.6 is 0 Å². The molecular weight excluding hydrogens is 584 g/mol. The van der Waals surface area contributed by atoms with Crippen LogP contribution in [-0.2, 0) is 31.1 Å². The average molecular weight is 635 g/mol. The minimum Gasteiger partial charge on any atom is -0.490 e. The van der Waals surface area contributed by atoms with Crippen molar-refractivity contribution in [3.63, 3.8) is 0 Å². The third-order valence-electron chi connectivity index (χ3n) is 10.8. The Morgan fingerprint density at radius 2 is 1.98 bits per heavy atom. The van der Waals surface area contributed by atoms with Crippen LogP contribution in [0.1, 0.15) is 98.2 Å². The van der Waals surface area contributed by atoms with Crippen molar-refractivity contribution in [3.05, 3.63) is 58.7 Å². The van der Waals surface area contributed by atoms with Crippen LogP contribution in [0, 0.1) is 18.8 Å². The number of nitrogens with zero attached hydrogens (tertiary/aromatic N) is 2. The number of benzene rings is 2. The van der Waals surface area contributed by atoms with Crippen molar-refractivity contribution in [2.45, 2.75) is 96.0 Å². The van der Waals surface area contributed by atoms with Crippen LogP contribution in [-0.4, -0.2) is 60.3 Å². The van der Waals surface area contributed by atoms with Crippen molar-refractivity contribution in [3.8, 4) is 5.75 Å². The Kier molecular flexibility index (Phi) is 9.72. The van der Waals surface area contributed by atoms with E-state index in [1.807, 2.05) is 26.2 Å². The number of aryl methyl sites for hydroxylation is 2. The number of amides is 1. The van der Waals surface area contributed by atoms with E-state index in [1.54, 1.807) is 6.07 Å². The van der Waals surface area contributed by atoms with E-state index in [1.165, 1.54) is 29.5 Å². The Bertz CT molecular complexity index is 1550. The van der Waals surface area contributed by atoms with Gasteiger partial charge in [0, 0.05) is 43.4 Å². The molecule has 8 heteroatoms. The highest BCUT2D eigenvalue weighted by atomic mass is 32.2. The summed E-state index contributed by atoms with van der Waals surface area (Å²) >= 11 is 0. The van der Waals surface area contributed by atoms with E-state index >= 15 is 0 Å². The van der Waals surface area contributed by atoms with Crippen molar-refractivity contribution in [2.24, 2.45) is 16.2 Å².